The molecule has 2 aliphatic rings. The summed E-state index contributed by atoms with van der Waals surface area (Å²) in [5.74, 6) is 1.84. The molecular weight excluding hydrogens is 248 g/mol. The number of nitrogens with one attached hydrogen (secondary N) is 1. The molecular formula is C17H26N2O. The molecule has 2 unspecified atom stereocenters. The second kappa shape index (κ2) is 6.15. The first-order valence-corrected chi connectivity index (χ1v) is 7.82. The van der Waals surface area contributed by atoms with Gasteiger partial charge in [0.05, 0.1) is 7.11 Å². The second-order valence-electron chi connectivity index (χ2n) is 6.33. The zero-order valence-corrected chi connectivity index (χ0v) is 12.6. The summed E-state index contributed by atoms with van der Waals surface area (Å²) in [7, 11) is 4.05. The summed E-state index contributed by atoms with van der Waals surface area (Å²) in [5.41, 5.74) is 1.26. The fourth-order valence-electron chi connectivity index (χ4n) is 3.95. The molecule has 110 valence electrons. The number of fused-ring (bicyclic) bond motifs is 2. The van der Waals surface area contributed by atoms with Crippen molar-refractivity contribution in [1.82, 2.24) is 10.2 Å². The van der Waals surface area contributed by atoms with Crippen molar-refractivity contribution in [2.24, 2.45) is 5.92 Å². The number of para-hydroxylation sites is 1. The lowest BCUT2D eigenvalue weighted by Gasteiger charge is -2.36. The number of piperidine rings is 1. The van der Waals surface area contributed by atoms with E-state index in [-0.39, 0.29) is 0 Å². The average molecular weight is 274 g/mol. The van der Waals surface area contributed by atoms with Crippen molar-refractivity contribution in [3.63, 3.8) is 0 Å². The molecule has 0 amide bonds. The van der Waals surface area contributed by atoms with Crippen LogP contribution in [0.5, 0.6) is 5.75 Å². The molecule has 0 spiro atoms. The van der Waals surface area contributed by atoms with Gasteiger partial charge in [-0.3, -0.25) is 0 Å². The molecule has 2 heterocycles. The van der Waals surface area contributed by atoms with Gasteiger partial charge < -0.3 is 15.0 Å². The van der Waals surface area contributed by atoms with Crippen LogP contribution in [0.25, 0.3) is 0 Å². The van der Waals surface area contributed by atoms with Crippen molar-refractivity contribution in [2.75, 3.05) is 20.7 Å². The van der Waals surface area contributed by atoms with Gasteiger partial charge in [0, 0.05) is 24.2 Å². The van der Waals surface area contributed by atoms with Crippen molar-refractivity contribution in [2.45, 2.75) is 44.3 Å². The van der Waals surface area contributed by atoms with Gasteiger partial charge in [0.1, 0.15) is 5.75 Å². The van der Waals surface area contributed by atoms with Crippen LogP contribution in [0.3, 0.4) is 0 Å². The highest BCUT2D eigenvalue weighted by Gasteiger charge is 2.37. The second-order valence-corrected chi connectivity index (χ2v) is 6.33. The van der Waals surface area contributed by atoms with Crippen LogP contribution >= 0.6 is 0 Å². The van der Waals surface area contributed by atoms with Gasteiger partial charge >= 0.3 is 0 Å². The van der Waals surface area contributed by atoms with Gasteiger partial charge in [0.2, 0.25) is 0 Å². The molecule has 3 nitrogen and oxygen atoms in total. The topological polar surface area (TPSA) is 24.5 Å². The van der Waals surface area contributed by atoms with E-state index in [2.05, 4.69) is 29.4 Å². The Labute approximate surface area is 122 Å². The molecule has 2 atom stereocenters. The molecule has 2 bridgehead atoms. The number of nitrogens with zero attached hydrogens (tertiary/aromatic N) is 1. The van der Waals surface area contributed by atoms with Crippen LogP contribution in [0.15, 0.2) is 24.3 Å². The van der Waals surface area contributed by atoms with Crippen LogP contribution in [0, 0.1) is 5.92 Å². The minimum absolute atomic E-state index is 0.840. The maximum absolute atomic E-state index is 5.40. The summed E-state index contributed by atoms with van der Waals surface area (Å²) < 4.78 is 5.40. The molecule has 1 N–H and O–H groups in total. The van der Waals surface area contributed by atoms with E-state index in [1.54, 1.807) is 7.11 Å². The van der Waals surface area contributed by atoms with Crippen LogP contribution in [0.4, 0.5) is 0 Å². The number of ether oxygens (including phenoxy) is 1. The monoisotopic (exact) mass is 274 g/mol. The molecule has 3 heteroatoms. The first kappa shape index (κ1) is 13.9. The summed E-state index contributed by atoms with van der Waals surface area (Å²) >= 11 is 0. The molecule has 0 aliphatic carbocycles. The quantitative estimate of drug-likeness (QED) is 0.893. The van der Waals surface area contributed by atoms with E-state index in [1.165, 1.54) is 31.2 Å². The van der Waals surface area contributed by atoms with Crippen LogP contribution in [0.2, 0.25) is 0 Å². The number of benzene rings is 1. The van der Waals surface area contributed by atoms with Crippen LogP contribution < -0.4 is 10.1 Å². The Morgan fingerprint density at radius 3 is 2.60 bits per heavy atom. The van der Waals surface area contributed by atoms with Crippen LogP contribution in [0.1, 0.15) is 31.2 Å². The highest BCUT2D eigenvalue weighted by molar-refractivity contribution is 5.32. The zero-order chi connectivity index (χ0) is 13.9. The standard InChI is InChI=1S/C17H26N2O/c1-19-15-7-8-16(19)10-13(9-15)11-18-12-14-5-3-4-6-17(14)20-2/h3-6,13,15-16,18H,7-12H2,1-2H3. The molecule has 0 aromatic heterocycles. The molecule has 2 aliphatic heterocycles. The van der Waals surface area contributed by atoms with Gasteiger partial charge in [0.25, 0.3) is 0 Å². The molecule has 2 fully saturated rings. The largest absolute Gasteiger partial charge is 0.496 e. The summed E-state index contributed by atoms with van der Waals surface area (Å²) in [4.78, 5) is 2.61. The summed E-state index contributed by atoms with van der Waals surface area (Å²) in [6, 6.07) is 9.96. The van der Waals surface area contributed by atoms with Gasteiger partial charge in [0.15, 0.2) is 0 Å². The van der Waals surface area contributed by atoms with Crippen molar-refractivity contribution in [1.29, 1.82) is 0 Å². The fraction of sp³-hybridized carbons (Fsp3) is 0.647. The Morgan fingerprint density at radius 1 is 1.20 bits per heavy atom. The van der Waals surface area contributed by atoms with E-state index in [0.29, 0.717) is 0 Å². The number of methoxy groups -OCH3 is 1. The molecule has 1 aromatic rings. The molecule has 3 rings (SSSR count). The third-order valence-electron chi connectivity index (χ3n) is 5.14. The van der Waals surface area contributed by atoms with E-state index in [4.69, 9.17) is 4.74 Å². The Balaban J connectivity index is 1.49. The molecule has 2 saturated heterocycles. The average Bonchev–Trinajstić information content (AvgIpc) is 2.70. The molecule has 1 aromatic carbocycles. The van der Waals surface area contributed by atoms with Crippen LogP contribution in [-0.4, -0.2) is 37.7 Å². The lowest BCUT2D eigenvalue weighted by Crippen LogP contribution is -2.42. The Morgan fingerprint density at radius 2 is 1.90 bits per heavy atom. The number of hydrogen-bond acceptors (Lipinski definition) is 3. The Kier molecular flexibility index (Phi) is 4.27. The molecule has 0 radical (unpaired) electrons. The third-order valence-corrected chi connectivity index (χ3v) is 5.14. The summed E-state index contributed by atoms with van der Waals surface area (Å²) in [5, 5.41) is 3.63. The van der Waals surface area contributed by atoms with E-state index in [0.717, 1.165) is 36.8 Å². The molecule has 0 saturated carbocycles. The van der Waals surface area contributed by atoms with E-state index >= 15 is 0 Å². The highest BCUT2D eigenvalue weighted by atomic mass is 16.5. The normalized spacial score (nSPS) is 29.6. The van der Waals surface area contributed by atoms with Gasteiger partial charge in [-0.05, 0) is 51.3 Å². The van der Waals surface area contributed by atoms with E-state index in [1.807, 2.05) is 12.1 Å². The van der Waals surface area contributed by atoms with Gasteiger partial charge in [-0.25, -0.2) is 0 Å². The Bertz CT molecular complexity index is 434. The van der Waals surface area contributed by atoms with Gasteiger partial charge in [-0.2, -0.15) is 0 Å². The van der Waals surface area contributed by atoms with E-state index in [9.17, 15) is 0 Å². The maximum atomic E-state index is 5.40. The third kappa shape index (κ3) is 2.84. The minimum Gasteiger partial charge on any atom is -0.496 e. The lowest BCUT2D eigenvalue weighted by atomic mass is 9.91. The first-order chi connectivity index (χ1) is 9.78. The maximum Gasteiger partial charge on any atom is 0.123 e. The summed E-state index contributed by atoms with van der Waals surface area (Å²) in [6.45, 7) is 2.05. The lowest BCUT2D eigenvalue weighted by molar-refractivity contribution is 0.133. The predicted octanol–water partition coefficient (Wildman–Crippen LogP) is 2.66. The Hall–Kier alpha value is -1.06. The molecule has 20 heavy (non-hydrogen) atoms. The van der Waals surface area contributed by atoms with Crippen LogP contribution in [-0.2, 0) is 6.54 Å². The summed E-state index contributed by atoms with van der Waals surface area (Å²) in [6.07, 6.45) is 5.55. The fourth-order valence-corrected chi connectivity index (χ4v) is 3.95. The smallest absolute Gasteiger partial charge is 0.123 e. The zero-order valence-electron chi connectivity index (χ0n) is 12.6. The van der Waals surface area contributed by atoms with Gasteiger partial charge in [-0.1, -0.05) is 18.2 Å². The SMILES string of the molecule is COc1ccccc1CNCC1CC2CCC(C1)N2C. The van der Waals surface area contributed by atoms with Crippen molar-refractivity contribution in [3.8, 4) is 5.75 Å². The highest BCUT2D eigenvalue weighted by Crippen LogP contribution is 2.37. The van der Waals surface area contributed by atoms with Gasteiger partial charge in [-0.15, -0.1) is 0 Å². The minimum atomic E-state index is 0.840. The van der Waals surface area contributed by atoms with Crippen molar-refractivity contribution in [3.05, 3.63) is 29.8 Å². The van der Waals surface area contributed by atoms with E-state index < -0.39 is 0 Å². The number of rotatable bonds is 5. The van der Waals surface area contributed by atoms with Crippen molar-refractivity contribution < 1.29 is 4.74 Å². The first-order valence-electron chi connectivity index (χ1n) is 7.82. The van der Waals surface area contributed by atoms with Crippen molar-refractivity contribution >= 4 is 0 Å². The predicted molar refractivity (Wildman–Crippen MR) is 82.0 cm³/mol. The number of hydrogen-bond donors (Lipinski definition) is 1.